The van der Waals surface area contributed by atoms with Crippen molar-refractivity contribution in [1.82, 2.24) is 4.98 Å². The Bertz CT molecular complexity index is 558. The van der Waals surface area contributed by atoms with Gasteiger partial charge in [0.2, 0.25) is 0 Å². The first-order chi connectivity index (χ1) is 8.06. The number of hydrogen-bond acceptors (Lipinski definition) is 3. The van der Waals surface area contributed by atoms with E-state index >= 15 is 0 Å². The van der Waals surface area contributed by atoms with Crippen LogP contribution < -0.4 is 5.73 Å². The van der Waals surface area contributed by atoms with Gasteiger partial charge in [-0.15, -0.1) is 0 Å². The summed E-state index contributed by atoms with van der Waals surface area (Å²) in [5, 5.41) is 0.627. The van der Waals surface area contributed by atoms with Gasteiger partial charge in [-0.3, -0.25) is 0 Å². The molecular formula is C12H10F2N2S. The normalized spacial score (nSPS) is 10.5. The number of rotatable bonds is 2. The molecule has 0 aliphatic rings. The number of nitrogens with two attached hydrogens (primary N) is 1. The van der Waals surface area contributed by atoms with Crippen LogP contribution in [0.25, 0.3) is 0 Å². The van der Waals surface area contributed by atoms with E-state index in [2.05, 4.69) is 4.98 Å². The summed E-state index contributed by atoms with van der Waals surface area (Å²) in [4.78, 5) is 4.55. The molecule has 1 heterocycles. The van der Waals surface area contributed by atoms with Crippen LogP contribution in [0.1, 0.15) is 5.69 Å². The second kappa shape index (κ2) is 4.71. The second-order valence-electron chi connectivity index (χ2n) is 3.50. The molecule has 2 N–H and O–H groups in total. The summed E-state index contributed by atoms with van der Waals surface area (Å²) in [6, 6.07) is 6.88. The number of aryl methyl sites for hydroxylation is 1. The average molecular weight is 252 g/mol. The van der Waals surface area contributed by atoms with E-state index < -0.39 is 11.6 Å². The third-order valence-corrected chi connectivity index (χ3v) is 3.20. The maximum atomic E-state index is 13.4. The quantitative estimate of drug-likeness (QED) is 0.890. The van der Waals surface area contributed by atoms with Gasteiger partial charge in [-0.25, -0.2) is 13.8 Å². The zero-order chi connectivity index (χ0) is 12.4. The van der Waals surface area contributed by atoms with Gasteiger partial charge in [0.25, 0.3) is 0 Å². The van der Waals surface area contributed by atoms with Crippen molar-refractivity contribution in [1.29, 1.82) is 0 Å². The van der Waals surface area contributed by atoms with Crippen LogP contribution in [0.3, 0.4) is 0 Å². The number of nitrogen functional groups attached to an aromatic ring is 1. The highest BCUT2D eigenvalue weighted by molar-refractivity contribution is 7.99. The van der Waals surface area contributed by atoms with Crippen molar-refractivity contribution in [2.75, 3.05) is 5.73 Å². The van der Waals surface area contributed by atoms with Crippen molar-refractivity contribution in [3.8, 4) is 0 Å². The van der Waals surface area contributed by atoms with Crippen LogP contribution in [0.15, 0.2) is 40.3 Å². The van der Waals surface area contributed by atoms with Crippen LogP contribution in [-0.2, 0) is 0 Å². The molecule has 0 radical (unpaired) electrons. The van der Waals surface area contributed by atoms with Gasteiger partial charge in [-0.05, 0) is 31.2 Å². The molecule has 0 spiro atoms. The highest BCUT2D eigenvalue weighted by atomic mass is 32.2. The molecule has 0 fully saturated rings. The molecule has 0 atom stereocenters. The number of aromatic nitrogens is 1. The molecule has 2 aromatic rings. The molecule has 2 rings (SSSR count). The standard InChI is InChI=1S/C12H10F2N2S/c1-7-10(15)3-5-12(16-7)17-11-4-2-8(13)6-9(11)14/h2-6H,15H2,1H3. The number of halogens is 2. The van der Waals surface area contributed by atoms with E-state index in [0.29, 0.717) is 21.3 Å². The van der Waals surface area contributed by atoms with E-state index in [4.69, 9.17) is 5.73 Å². The number of hydrogen-bond donors (Lipinski definition) is 1. The molecule has 0 aliphatic carbocycles. The third kappa shape index (κ3) is 2.74. The molecule has 1 aromatic carbocycles. The van der Waals surface area contributed by atoms with Crippen molar-refractivity contribution >= 4 is 17.4 Å². The summed E-state index contributed by atoms with van der Waals surface area (Å²) < 4.78 is 26.1. The second-order valence-corrected chi connectivity index (χ2v) is 4.56. The lowest BCUT2D eigenvalue weighted by atomic mass is 10.3. The Morgan fingerprint density at radius 3 is 2.59 bits per heavy atom. The third-order valence-electron chi connectivity index (χ3n) is 2.21. The number of pyridine rings is 1. The summed E-state index contributed by atoms with van der Waals surface area (Å²) in [6.45, 7) is 1.78. The van der Waals surface area contributed by atoms with Crippen LogP contribution in [0.5, 0.6) is 0 Å². The first kappa shape index (κ1) is 11.9. The number of benzene rings is 1. The van der Waals surface area contributed by atoms with Crippen molar-refractivity contribution < 1.29 is 8.78 Å². The molecule has 0 saturated carbocycles. The van der Waals surface area contributed by atoms with Gasteiger partial charge in [-0.1, -0.05) is 11.8 Å². The molecule has 1 aromatic heterocycles. The van der Waals surface area contributed by atoms with Crippen molar-refractivity contribution in [3.05, 3.63) is 47.7 Å². The molecule has 0 bridgehead atoms. The van der Waals surface area contributed by atoms with E-state index in [1.54, 1.807) is 19.1 Å². The predicted molar refractivity (Wildman–Crippen MR) is 63.9 cm³/mol. The zero-order valence-electron chi connectivity index (χ0n) is 9.08. The maximum absolute atomic E-state index is 13.4. The first-order valence-corrected chi connectivity index (χ1v) is 5.74. The largest absolute Gasteiger partial charge is 0.397 e. The summed E-state index contributed by atoms with van der Waals surface area (Å²) in [7, 11) is 0. The fourth-order valence-electron chi connectivity index (χ4n) is 1.28. The molecular weight excluding hydrogens is 242 g/mol. The van der Waals surface area contributed by atoms with Gasteiger partial charge in [0, 0.05) is 11.0 Å². The lowest BCUT2D eigenvalue weighted by Gasteiger charge is -2.05. The lowest BCUT2D eigenvalue weighted by molar-refractivity contribution is 0.565. The smallest absolute Gasteiger partial charge is 0.140 e. The minimum Gasteiger partial charge on any atom is -0.397 e. The Labute approximate surface area is 102 Å². The van der Waals surface area contributed by atoms with Gasteiger partial charge in [0.1, 0.15) is 16.7 Å². The monoisotopic (exact) mass is 252 g/mol. The topological polar surface area (TPSA) is 38.9 Å². The van der Waals surface area contributed by atoms with Gasteiger partial charge >= 0.3 is 0 Å². The highest BCUT2D eigenvalue weighted by Crippen LogP contribution is 2.29. The van der Waals surface area contributed by atoms with Gasteiger partial charge < -0.3 is 5.73 Å². The van der Waals surface area contributed by atoms with E-state index in [0.717, 1.165) is 17.8 Å². The Morgan fingerprint density at radius 2 is 1.94 bits per heavy atom. The minimum absolute atomic E-state index is 0.336. The summed E-state index contributed by atoms with van der Waals surface area (Å²) in [5.74, 6) is -1.18. The molecule has 5 heteroatoms. The molecule has 0 aliphatic heterocycles. The Hall–Kier alpha value is -1.62. The highest BCUT2D eigenvalue weighted by Gasteiger charge is 2.07. The molecule has 88 valence electrons. The van der Waals surface area contributed by atoms with Crippen LogP contribution >= 0.6 is 11.8 Å². The molecule has 0 saturated heterocycles. The molecule has 17 heavy (non-hydrogen) atoms. The Kier molecular flexibility index (Phi) is 3.28. The van der Waals surface area contributed by atoms with E-state index in [-0.39, 0.29) is 0 Å². The Morgan fingerprint density at radius 1 is 1.18 bits per heavy atom. The van der Waals surface area contributed by atoms with E-state index in [1.807, 2.05) is 0 Å². The molecule has 0 amide bonds. The van der Waals surface area contributed by atoms with Gasteiger partial charge in [-0.2, -0.15) is 0 Å². The minimum atomic E-state index is -0.591. The zero-order valence-corrected chi connectivity index (χ0v) is 9.89. The average Bonchev–Trinajstić information content (AvgIpc) is 2.27. The van der Waals surface area contributed by atoms with Crippen LogP contribution in [0, 0.1) is 18.6 Å². The van der Waals surface area contributed by atoms with Crippen LogP contribution in [0.4, 0.5) is 14.5 Å². The van der Waals surface area contributed by atoms with Gasteiger partial charge in [0.15, 0.2) is 0 Å². The van der Waals surface area contributed by atoms with Crippen molar-refractivity contribution in [2.24, 2.45) is 0 Å². The van der Waals surface area contributed by atoms with Crippen LogP contribution in [0.2, 0.25) is 0 Å². The number of nitrogens with zero attached hydrogens (tertiary/aromatic N) is 1. The fourth-order valence-corrected chi connectivity index (χ4v) is 2.11. The SMILES string of the molecule is Cc1nc(Sc2ccc(F)cc2F)ccc1N. The summed E-state index contributed by atoms with van der Waals surface area (Å²) >= 11 is 1.14. The summed E-state index contributed by atoms with van der Waals surface area (Å²) in [6.07, 6.45) is 0. The fraction of sp³-hybridized carbons (Fsp3) is 0.0833. The van der Waals surface area contributed by atoms with E-state index in [1.165, 1.54) is 12.1 Å². The van der Waals surface area contributed by atoms with Gasteiger partial charge in [0.05, 0.1) is 11.4 Å². The Balaban J connectivity index is 2.28. The van der Waals surface area contributed by atoms with Crippen molar-refractivity contribution in [3.63, 3.8) is 0 Å². The van der Waals surface area contributed by atoms with E-state index in [9.17, 15) is 8.78 Å². The predicted octanol–water partition coefficient (Wildman–Crippen LogP) is 3.40. The summed E-state index contributed by atoms with van der Waals surface area (Å²) in [5.41, 5.74) is 6.92. The van der Waals surface area contributed by atoms with Crippen LogP contribution in [-0.4, -0.2) is 4.98 Å². The maximum Gasteiger partial charge on any atom is 0.140 e. The lowest BCUT2D eigenvalue weighted by Crippen LogP contribution is -1.93. The number of anilines is 1. The first-order valence-electron chi connectivity index (χ1n) is 4.92. The molecule has 0 unspecified atom stereocenters. The molecule has 2 nitrogen and oxygen atoms in total. The van der Waals surface area contributed by atoms with Crippen molar-refractivity contribution in [2.45, 2.75) is 16.8 Å².